The van der Waals surface area contributed by atoms with Crippen LogP contribution < -0.4 is 16.8 Å². The summed E-state index contributed by atoms with van der Waals surface area (Å²) in [5, 5.41) is 2.78. The van der Waals surface area contributed by atoms with Gasteiger partial charge in [0.25, 0.3) is 5.91 Å². The van der Waals surface area contributed by atoms with Gasteiger partial charge in [-0.2, -0.15) is 0 Å². The molecule has 0 saturated carbocycles. The van der Waals surface area contributed by atoms with Crippen molar-refractivity contribution in [2.75, 3.05) is 11.1 Å². The maximum Gasteiger partial charge on any atom is 0.250 e. The van der Waals surface area contributed by atoms with Crippen LogP contribution in [0.1, 0.15) is 10.4 Å². The van der Waals surface area contributed by atoms with E-state index >= 15 is 0 Å². The Morgan fingerprint density at radius 2 is 1.79 bits per heavy atom. The highest BCUT2D eigenvalue weighted by Crippen LogP contribution is 2.29. The van der Waals surface area contributed by atoms with Gasteiger partial charge in [-0.25, -0.2) is 4.39 Å². The van der Waals surface area contributed by atoms with E-state index in [9.17, 15) is 9.18 Å². The van der Waals surface area contributed by atoms with Crippen LogP contribution in [0.4, 0.5) is 21.5 Å². The number of halogens is 2. The molecule has 0 radical (unpaired) electrons. The molecule has 2 rings (SSSR count). The van der Waals surface area contributed by atoms with Crippen LogP contribution in [-0.2, 0) is 0 Å². The van der Waals surface area contributed by atoms with Crippen molar-refractivity contribution in [1.29, 1.82) is 0 Å². The van der Waals surface area contributed by atoms with E-state index in [1.165, 1.54) is 18.2 Å². The third-order valence-electron chi connectivity index (χ3n) is 2.59. The molecule has 0 saturated heterocycles. The molecule has 19 heavy (non-hydrogen) atoms. The van der Waals surface area contributed by atoms with Crippen LogP contribution in [-0.4, -0.2) is 5.91 Å². The monoisotopic (exact) mass is 279 g/mol. The van der Waals surface area contributed by atoms with Crippen molar-refractivity contribution in [3.63, 3.8) is 0 Å². The number of para-hydroxylation sites is 1. The molecule has 4 nitrogen and oxygen atoms in total. The van der Waals surface area contributed by atoms with Gasteiger partial charge in [0, 0.05) is 0 Å². The third kappa shape index (κ3) is 2.61. The van der Waals surface area contributed by atoms with Crippen molar-refractivity contribution in [2.45, 2.75) is 0 Å². The zero-order valence-corrected chi connectivity index (χ0v) is 10.5. The number of rotatable bonds is 3. The number of benzene rings is 2. The summed E-state index contributed by atoms with van der Waals surface area (Å²) in [6.45, 7) is 0. The van der Waals surface area contributed by atoms with Crippen LogP contribution in [0, 0.1) is 5.82 Å². The number of nitrogens with one attached hydrogen (secondary N) is 1. The lowest BCUT2D eigenvalue weighted by atomic mass is 10.1. The van der Waals surface area contributed by atoms with E-state index in [0.717, 1.165) is 0 Å². The average Bonchev–Trinajstić information content (AvgIpc) is 2.37. The fourth-order valence-electron chi connectivity index (χ4n) is 1.63. The number of nitrogens with two attached hydrogens (primary N) is 2. The van der Waals surface area contributed by atoms with Crippen LogP contribution in [0.15, 0.2) is 36.4 Å². The Morgan fingerprint density at radius 1 is 1.16 bits per heavy atom. The van der Waals surface area contributed by atoms with Gasteiger partial charge in [-0.3, -0.25) is 4.79 Å². The quantitative estimate of drug-likeness (QED) is 0.756. The van der Waals surface area contributed by atoms with E-state index in [1.54, 1.807) is 18.2 Å². The molecule has 0 unspecified atom stereocenters. The molecule has 0 aliphatic heterocycles. The van der Waals surface area contributed by atoms with Crippen molar-refractivity contribution in [1.82, 2.24) is 0 Å². The Hall–Kier alpha value is -2.27. The van der Waals surface area contributed by atoms with Gasteiger partial charge in [0.15, 0.2) is 5.82 Å². The Balaban J connectivity index is 2.42. The lowest BCUT2D eigenvalue weighted by Gasteiger charge is -2.12. The molecular formula is C13H11ClFN3O. The van der Waals surface area contributed by atoms with Gasteiger partial charge in [-0.05, 0) is 24.3 Å². The number of hydrogen-bond acceptors (Lipinski definition) is 3. The lowest BCUT2D eigenvalue weighted by molar-refractivity contribution is 0.100. The Labute approximate surface area is 114 Å². The summed E-state index contributed by atoms with van der Waals surface area (Å²) in [6.07, 6.45) is 0. The van der Waals surface area contributed by atoms with E-state index in [2.05, 4.69) is 5.32 Å². The summed E-state index contributed by atoms with van der Waals surface area (Å²) in [7, 11) is 0. The number of carbonyl (C=O) groups excluding carboxylic acids is 1. The molecule has 0 heterocycles. The van der Waals surface area contributed by atoms with E-state index < -0.39 is 11.7 Å². The smallest absolute Gasteiger partial charge is 0.250 e. The minimum absolute atomic E-state index is 0.00497. The minimum atomic E-state index is -0.646. The SMILES string of the molecule is NC(=O)c1cccc(Nc2cccc(Cl)c2F)c1N. The summed E-state index contributed by atoms with van der Waals surface area (Å²) >= 11 is 5.68. The van der Waals surface area contributed by atoms with Crippen LogP contribution in [0.2, 0.25) is 5.02 Å². The largest absolute Gasteiger partial charge is 0.396 e. The maximum atomic E-state index is 13.8. The molecule has 0 fully saturated rings. The van der Waals surface area contributed by atoms with Crippen molar-refractivity contribution < 1.29 is 9.18 Å². The molecule has 98 valence electrons. The van der Waals surface area contributed by atoms with Gasteiger partial charge in [0.1, 0.15) is 0 Å². The first-order chi connectivity index (χ1) is 9.00. The van der Waals surface area contributed by atoms with Crippen molar-refractivity contribution in [3.05, 3.63) is 52.8 Å². The van der Waals surface area contributed by atoms with Crippen molar-refractivity contribution >= 4 is 34.6 Å². The third-order valence-corrected chi connectivity index (χ3v) is 2.88. The zero-order chi connectivity index (χ0) is 14.0. The summed E-state index contributed by atoms with van der Waals surface area (Å²) in [6, 6.07) is 9.26. The summed E-state index contributed by atoms with van der Waals surface area (Å²) in [4.78, 5) is 11.2. The molecule has 5 N–H and O–H groups in total. The molecular weight excluding hydrogens is 269 g/mol. The van der Waals surface area contributed by atoms with Crippen LogP contribution in [0.3, 0.4) is 0 Å². The molecule has 0 bridgehead atoms. The topological polar surface area (TPSA) is 81.1 Å². The molecule has 0 aromatic heterocycles. The standard InChI is InChI=1S/C13H11ClFN3O/c14-8-4-2-5-9(11(8)15)18-10-6-1-3-7(12(10)16)13(17)19/h1-6,18H,16H2,(H2,17,19). The molecule has 0 atom stereocenters. The average molecular weight is 280 g/mol. The number of primary amides is 1. The highest BCUT2D eigenvalue weighted by atomic mass is 35.5. The molecule has 2 aromatic carbocycles. The lowest BCUT2D eigenvalue weighted by Crippen LogP contribution is -2.14. The first-order valence-corrected chi connectivity index (χ1v) is 5.78. The fourth-order valence-corrected chi connectivity index (χ4v) is 1.81. The normalized spacial score (nSPS) is 10.2. The fraction of sp³-hybridized carbons (Fsp3) is 0. The molecule has 6 heteroatoms. The second-order valence-electron chi connectivity index (χ2n) is 3.86. The molecule has 0 aliphatic carbocycles. The van der Waals surface area contributed by atoms with Crippen LogP contribution >= 0.6 is 11.6 Å². The first kappa shape index (κ1) is 13.2. The van der Waals surface area contributed by atoms with E-state index in [4.69, 9.17) is 23.1 Å². The van der Waals surface area contributed by atoms with Gasteiger partial charge < -0.3 is 16.8 Å². The van der Waals surface area contributed by atoms with E-state index in [-0.39, 0.29) is 22.0 Å². The number of nitrogen functional groups attached to an aromatic ring is 1. The van der Waals surface area contributed by atoms with Gasteiger partial charge >= 0.3 is 0 Å². The molecule has 2 aromatic rings. The van der Waals surface area contributed by atoms with Crippen LogP contribution in [0.5, 0.6) is 0 Å². The number of anilines is 3. The molecule has 0 aliphatic rings. The Kier molecular flexibility index (Phi) is 3.57. The second kappa shape index (κ2) is 5.16. The van der Waals surface area contributed by atoms with Gasteiger partial charge in [0.05, 0.1) is 27.6 Å². The first-order valence-electron chi connectivity index (χ1n) is 5.40. The molecule has 1 amide bonds. The predicted octanol–water partition coefficient (Wildman–Crippen LogP) is 2.90. The van der Waals surface area contributed by atoms with E-state index in [0.29, 0.717) is 5.69 Å². The second-order valence-corrected chi connectivity index (χ2v) is 4.26. The molecule has 0 spiro atoms. The van der Waals surface area contributed by atoms with Crippen molar-refractivity contribution in [3.8, 4) is 0 Å². The maximum absolute atomic E-state index is 13.8. The number of hydrogen-bond donors (Lipinski definition) is 3. The summed E-state index contributed by atoms with van der Waals surface area (Å²) < 4.78 is 13.8. The van der Waals surface area contributed by atoms with Gasteiger partial charge in [-0.15, -0.1) is 0 Å². The Bertz CT molecular complexity index is 646. The van der Waals surface area contributed by atoms with Crippen molar-refractivity contribution in [2.24, 2.45) is 5.73 Å². The van der Waals surface area contributed by atoms with E-state index in [1.807, 2.05) is 0 Å². The summed E-state index contributed by atoms with van der Waals surface area (Å²) in [5.41, 5.74) is 11.9. The predicted molar refractivity (Wildman–Crippen MR) is 74.1 cm³/mol. The number of carbonyl (C=O) groups is 1. The Morgan fingerprint density at radius 3 is 2.47 bits per heavy atom. The highest BCUT2D eigenvalue weighted by Gasteiger charge is 2.12. The van der Waals surface area contributed by atoms with Crippen LogP contribution in [0.25, 0.3) is 0 Å². The number of amides is 1. The summed E-state index contributed by atoms with van der Waals surface area (Å²) in [5.74, 6) is -1.24. The van der Waals surface area contributed by atoms with Gasteiger partial charge in [-0.1, -0.05) is 23.7 Å². The van der Waals surface area contributed by atoms with Gasteiger partial charge in [0.2, 0.25) is 0 Å². The minimum Gasteiger partial charge on any atom is -0.396 e. The highest BCUT2D eigenvalue weighted by molar-refractivity contribution is 6.31. The zero-order valence-electron chi connectivity index (χ0n) is 9.78.